The molecular weight excluding hydrogens is 538 g/mol. The number of nitrogens with zero attached hydrogens (tertiary/aromatic N) is 6. The summed E-state index contributed by atoms with van der Waals surface area (Å²) in [6.45, 7) is 7.33. The molecule has 0 unspecified atom stereocenters. The van der Waals surface area contributed by atoms with Crippen molar-refractivity contribution in [2.75, 3.05) is 36.9 Å². The summed E-state index contributed by atoms with van der Waals surface area (Å²) in [7, 11) is 1.79. The highest BCUT2D eigenvalue weighted by Gasteiger charge is 2.19. The van der Waals surface area contributed by atoms with Gasteiger partial charge in [0.2, 0.25) is 11.9 Å². The SMILES string of the molecule is CCN(CC)CCC(=O)N(C)c1ccc2c(c1)nc(NC(=O)c1ccc(-c3cnco3)s1)n2CCc1cccnc1. The summed E-state index contributed by atoms with van der Waals surface area (Å²) in [5.41, 5.74) is 3.40. The van der Waals surface area contributed by atoms with Crippen molar-refractivity contribution in [3.8, 4) is 10.6 Å². The van der Waals surface area contributed by atoms with E-state index in [9.17, 15) is 9.59 Å². The van der Waals surface area contributed by atoms with Crippen LogP contribution in [0, 0.1) is 0 Å². The number of aromatic nitrogens is 4. The summed E-state index contributed by atoms with van der Waals surface area (Å²) in [4.78, 5) is 44.4. The second-order valence-corrected chi connectivity index (χ2v) is 10.7. The fraction of sp³-hybridized carbons (Fsp3) is 0.300. The smallest absolute Gasteiger partial charge is 0.268 e. The van der Waals surface area contributed by atoms with E-state index in [1.165, 1.54) is 17.7 Å². The molecule has 0 spiro atoms. The second-order valence-electron chi connectivity index (χ2n) is 9.58. The minimum absolute atomic E-state index is 0.0426. The Hall–Kier alpha value is -4.35. The largest absolute Gasteiger partial charge is 0.443 e. The fourth-order valence-corrected chi connectivity index (χ4v) is 5.49. The summed E-state index contributed by atoms with van der Waals surface area (Å²) in [6.07, 6.45) is 7.72. The molecule has 1 N–H and O–H groups in total. The molecule has 0 aliphatic rings. The Morgan fingerprint density at radius 3 is 2.66 bits per heavy atom. The van der Waals surface area contributed by atoms with Gasteiger partial charge in [0, 0.05) is 44.6 Å². The highest BCUT2D eigenvalue weighted by Crippen LogP contribution is 2.30. The van der Waals surface area contributed by atoms with Crippen LogP contribution in [0.2, 0.25) is 0 Å². The van der Waals surface area contributed by atoms with E-state index >= 15 is 0 Å². The van der Waals surface area contributed by atoms with Crippen LogP contribution in [0.25, 0.3) is 21.7 Å². The molecule has 0 saturated heterocycles. The van der Waals surface area contributed by atoms with Gasteiger partial charge in [-0.3, -0.25) is 19.9 Å². The molecule has 41 heavy (non-hydrogen) atoms. The first-order valence-electron chi connectivity index (χ1n) is 13.6. The van der Waals surface area contributed by atoms with Crippen molar-refractivity contribution in [2.24, 2.45) is 0 Å². The van der Waals surface area contributed by atoms with Gasteiger partial charge in [0.15, 0.2) is 12.2 Å². The number of aryl methyl sites for hydroxylation is 2. The predicted molar refractivity (Wildman–Crippen MR) is 161 cm³/mol. The van der Waals surface area contributed by atoms with E-state index in [0.717, 1.165) is 41.3 Å². The van der Waals surface area contributed by atoms with Crippen LogP contribution >= 0.6 is 11.3 Å². The van der Waals surface area contributed by atoms with Crippen LogP contribution in [0.5, 0.6) is 0 Å². The molecule has 0 radical (unpaired) electrons. The average Bonchev–Trinajstić information content (AvgIpc) is 3.76. The molecule has 4 aromatic heterocycles. The van der Waals surface area contributed by atoms with Gasteiger partial charge in [-0.05, 0) is 61.5 Å². The summed E-state index contributed by atoms with van der Waals surface area (Å²) >= 11 is 1.32. The van der Waals surface area contributed by atoms with Gasteiger partial charge in [-0.2, -0.15) is 0 Å². The number of amides is 2. The molecule has 2 amide bonds. The van der Waals surface area contributed by atoms with Crippen molar-refractivity contribution in [2.45, 2.75) is 33.2 Å². The van der Waals surface area contributed by atoms with Crippen molar-refractivity contribution in [3.63, 3.8) is 0 Å². The third-order valence-corrected chi connectivity index (χ3v) is 8.21. The maximum atomic E-state index is 13.3. The number of carbonyl (C=O) groups excluding carboxylic acids is 2. The topological polar surface area (TPSA) is 109 Å². The Balaban J connectivity index is 1.40. The first-order valence-corrected chi connectivity index (χ1v) is 14.5. The van der Waals surface area contributed by atoms with E-state index in [-0.39, 0.29) is 11.8 Å². The number of benzene rings is 1. The molecule has 0 aliphatic heterocycles. The van der Waals surface area contributed by atoms with Crippen molar-refractivity contribution >= 4 is 45.8 Å². The molecule has 0 saturated carbocycles. The Bertz CT molecular complexity index is 1610. The summed E-state index contributed by atoms with van der Waals surface area (Å²) in [5, 5.41) is 3.00. The minimum atomic E-state index is -0.261. The molecule has 1 aromatic carbocycles. The summed E-state index contributed by atoms with van der Waals surface area (Å²) in [6, 6.07) is 13.3. The molecule has 5 aromatic rings. The van der Waals surface area contributed by atoms with Crippen LogP contribution in [0.1, 0.15) is 35.5 Å². The monoisotopic (exact) mass is 571 g/mol. The van der Waals surface area contributed by atoms with Gasteiger partial charge in [0.05, 0.1) is 27.0 Å². The third-order valence-electron chi connectivity index (χ3n) is 7.11. The molecule has 11 heteroatoms. The number of fused-ring (bicyclic) bond motifs is 1. The molecule has 212 valence electrons. The Labute approximate surface area is 242 Å². The van der Waals surface area contributed by atoms with Gasteiger partial charge in [-0.25, -0.2) is 9.97 Å². The number of hydrogen-bond donors (Lipinski definition) is 1. The standard InChI is InChI=1S/C30H33N7O3S/c1-4-36(5-2)15-13-28(38)35(3)22-8-9-24-23(17-22)33-30(37(24)16-12-21-7-6-14-31-18-21)34-29(39)27-11-10-26(41-27)25-19-32-20-40-25/h6-11,14,17-20H,4-5,12-13,15-16H2,1-3H3,(H,33,34,39). The number of oxazole rings is 1. The number of carbonyl (C=O) groups is 2. The second kappa shape index (κ2) is 12.9. The molecular formula is C30H33N7O3S. The van der Waals surface area contributed by atoms with Crippen LogP contribution in [-0.4, -0.2) is 62.9 Å². The minimum Gasteiger partial charge on any atom is -0.443 e. The van der Waals surface area contributed by atoms with Gasteiger partial charge >= 0.3 is 0 Å². The first kappa shape index (κ1) is 28.2. The highest BCUT2D eigenvalue weighted by atomic mass is 32.1. The van der Waals surface area contributed by atoms with E-state index in [0.29, 0.717) is 41.5 Å². The number of imidazole rings is 1. The van der Waals surface area contributed by atoms with Crippen LogP contribution in [0.4, 0.5) is 11.6 Å². The van der Waals surface area contributed by atoms with E-state index in [1.807, 2.05) is 47.2 Å². The molecule has 4 heterocycles. The Morgan fingerprint density at radius 1 is 1.07 bits per heavy atom. The maximum Gasteiger partial charge on any atom is 0.268 e. The van der Waals surface area contributed by atoms with Crippen molar-refractivity contribution < 1.29 is 14.0 Å². The molecule has 0 aliphatic carbocycles. The van der Waals surface area contributed by atoms with Crippen molar-refractivity contribution in [3.05, 3.63) is 77.9 Å². The maximum absolute atomic E-state index is 13.3. The normalized spacial score (nSPS) is 11.3. The number of anilines is 2. The zero-order valence-electron chi connectivity index (χ0n) is 23.4. The zero-order chi connectivity index (χ0) is 28.8. The van der Waals surface area contributed by atoms with E-state index < -0.39 is 0 Å². The average molecular weight is 572 g/mol. The summed E-state index contributed by atoms with van der Waals surface area (Å²) < 4.78 is 7.36. The highest BCUT2D eigenvalue weighted by molar-refractivity contribution is 7.17. The number of hydrogen-bond acceptors (Lipinski definition) is 8. The molecule has 10 nitrogen and oxygen atoms in total. The number of rotatable bonds is 12. The Kier molecular flexibility index (Phi) is 8.85. The van der Waals surface area contributed by atoms with E-state index in [2.05, 4.69) is 34.0 Å². The first-order chi connectivity index (χ1) is 20.0. The van der Waals surface area contributed by atoms with Crippen LogP contribution < -0.4 is 10.2 Å². The van der Waals surface area contributed by atoms with Crippen molar-refractivity contribution in [1.82, 2.24) is 24.4 Å². The van der Waals surface area contributed by atoms with Crippen molar-refractivity contribution in [1.29, 1.82) is 0 Å². The van der Waals surface area contributed by atoms with E-state index in [1.54, 1.807) is 30.4 Å². The molecule has 0 atom stereocenters. The van der Waals surface area contributed by atoms with E-state index in [4.69, 9.17) is 9.40 Å². The van der Waals surface area contributed by atoms with Crippen LogP contribution in [-0.2, 0) is 17.8 Å². The lowest BCUT2D eigenvalue weighted by Crippen LogP contribution is -2.32. The lowest BCUT2D eigenvalue weighted by molar-refractivity contribution is -0.118. The van der Waals surface area contributed by atoms with Crippen LogP contribution in [0.15, 0.2) is 71.9 Å². The predicted octanol–water partition coefficient (Wildman–Crippen LogP) is 5.34. The van der Waals surface area contributed by atoms with Gasteiger partial charge in [-0.1, -0.05) is 19.9 Å². The van der Waals surface area contributed by atoms with Gasteiger partial charge in [-0.15, -0.1) is 11.3 Å². The quantitative estimate of drug-likeness (QED) is 0.215. The summed E-state index contributed by atoms with van der Waals surface area (Å²) in [5.74, 6) is 0.834. The lowest BCUT2D eigenvalue weighted by Gasteiger charge is -2.21. The molecule has 5 rings (SSSR count). The molecule has 0 fully saturated rings. The Morgan fingerprint density at radius 2 is 1.93 bits per heavy atom. The zero-order valence-corrected chi connectivity index (χ0v) is 24.2. The number of pyridine rings is 1. The molecule has 0 bridgehead atoms. The lowest BCUT2D eigenvalue weighted by atomic mass is 10.2. The number of nitrogens with one attached hydrogen (secondary N) is 1. The van der Waals surface area contributed by atoms with Gasteiger partial charge in [0.25, 0.3) is 5.91 Å². The van der Waals surface area contributed by atoms with Gasteiger partial charge < -0.3 is 18.8 Å². The third kappa shape index (κ3) is 6.53. The fourth-order valence-electron chi connectivity index (χ4n) is 4.63. The van der Waals surface area contributed by atoms with Crippen LogP contribution in [0.3, 0.4) is 0 Å². The number of thiophene rings is 1. The van der Waals surface area contributed by atoms with Gasteiger partial charge in [0.1, 0.15) is 0 Å².